The van der Waals surface area contributed by atoms with Gasteiger partial charge in [0.15, 0.2) is 5.76 Å². The molecule has 0 aliphatic carbocycles. The van der Waals surface area contributed by atoms with Gasteiger partial charge in [-0.1, -0.05) is 25.1 Å². The molecule has 2 aromatic rings. The van der Waals surface area contributed by atoms with E-state index in [2.05, 4.69) is 10.6 Å². The molecule has 7 heteroatoms. The third-order valence-corrected chi connectivity index (χ3v) is 5.64. The molecule has 2 N–H and O–H groups in total. The van der Waals surface area contributed by atoms with Crippen LogP contribution in [0.5, 0.6) is 0 Å². The van der Waals surface area contributed by atoms with Crippen molar-refractivity contribution in [3.05, 3.63) is 60.1 Å². The highest BCUT2D eigenvalue weighted by molar-refractivity contribution is 5.97. The number of benzene rings is 1. The van der Waals surface area contributed by atoms with Crippen molar-refractivity contribution < 1.29 is 18.8 Å². The van der Waals surface area contributed by atoms with E-state index in [-0.39, 0.29) is 29.7 Å². The van der Waals surface area contributed by atoms with Crippen LogP contribution >= 0.6 is 0 Å². The number of nitrogens with one attached hydrogen (secondary N) is 2. The highest BCUT2D eigenvalue weighted by atomic mass is 16.3. The second-order valence-corrected chi connectivity index (χ2v) is 7.74. The Labute approximate surface area is 176 Å². The second-order valence-electron chi connectivity index (χ2n) is 7.74. The van der Waals surface area contributed by atoms with Gasteiger partial charge in [0.2, 0.25) is 5.91 Å². The number of amides is 3. The Kier molecular flexibility index (Phi) is 7.27. The minimum absolute atomic E-state index is 0.0225. The number of nitrogens with zero attached hydrogens (tertiary/aromatic N) is 1. The molecule has 30 heavy (non-hydrogen) atoms. The highest BCUT2D eigenvalue weighted by Crippen LogP contribution is 2.23. The summed E-state index contributed by atoms with van der Waals surface area (Å²) in [4.78, 5) is 39.9. The smallest absolute Gasteiger partial charge is 0.289 e. The number of hydrogen-bond acceptors (Lipinski definition) is 4. The van der Waals surface area contributed by atoms with Gasteiger partial charge in [0, 0.05) is 24.7 Å². The van der Waals surface area contributed by atoms with E-state index in [0.717, 1.165) is 6.42 Å². The Bertz CT molecular complexity index is 843. The van der Waals surface area contributed by atoms with Crippen LogP contribution in [0.15, 0.2) is 53.1 Å². The minimum atomic E-state index is -0.646. The topological polar surface area (TPSA) is 91.7 Å². The first kappa shape index (κ1) is 21.6. The first-order chi connectivity index (χ1) is 14.5. The van der Waals surface area contributed by atoms with Crippen molar-refractivity contribution in [1.82, 2.24) is 15.5 Å². The van der Waals surface area contributed by atoms with E-state index in [1.54, 1.807) is 41.3 Å². The number of likely N-dealkylation sites (tertiary alicyclic amines) is 1. The lowest BCUT2D eigenvalue weighted by Gasteiger charge is -2.35. The third-order valence-electron chi connectivity index (χ3n) is 5.64. The maximum Gasteiger partial charge on any atom is 0.289 e. The fourth-order valence-electron chi connectivity index (χ4n) is 3.64. The van der Waals surface area contributed by atoms with E-state index in [0.29, 0.717) is 37.3 Å². The number of rotatable bonds is 7. The molecule has 3 rings (SSSR count). The summed E-state index contributed by atoms with van der Waals surface area (Å²) in [6.07, 6.45) is 3.54. The normalized spacial score (nSPS) is 16.5. The van der Waals surface area contributed by atoms with Gasteiger partial charge >= 0.3 is 0 Å². The molecule has 1 aliphatic heterocycles. The van der Waals surface area contributed by atoms with Crippen LogP contribution in [0.3, 0.4) is 0 Å². The monoisotopic (exact) mass is 411 g/mol. The second kappa shape index (κ2) is 10.1. The quantitative estimate of drug-likeness (QED) is 0.733. The summed E-state index contributed by atoms with van der Waals surface area (Å²) in [5.41, 5.74) is 0.518. The van der Waals surface area contributed by atoms with E-state index in [1.165, 1.54) is 6.26 Å². The molecule has 0 radical (unpaired) electrons. The predicted molar refractivity (Wildman–Crippen MR) is 113 cm³/mol. The molecule has 2 heterocycles. The first-order valence-electron chi connectivity index (χ1n) is 10.5. The molecule has 0 bridgehead atoms. The summed E-state index contributed by atoms with van der Waals surface area (Å²) in [7, 11) is 0. The molecule has 2 atom stereocenters. The zero-order valence-electron chi connectivity index (χ0n) is 17.5. The van der Waals surface area contributed by atoms with Gasteiger partial charge in [-0.25, -0.2) is 0 Å². The van der Waals surface area contributed by atoms with Crippen LogP contribution < -0.4 is 10.6 Å². The maximum atomic E-state index is 13.0. The Morgan fingerprint density at radius 2 is 1.77 bits per heavy atom. The van der Waals surface area contributed by atoms with Gasteiger partial charge in [-0.05, 0) is 56.4 Å². The molecule has 1 fully saturated rings. The van der Waals surface area contributed by atoms with Crippen molar-refractivity contribution in [3.8, 4) is 0 Å². The highest BCUT2D eigenvalue weighted by Gasteiger charge is 2.34. The SMILES string of the molecule is CCC(C)NC(=O)C(NC(=O)c1ccccc1)C1CCN(C(=O)c2ccco2)CC1. The molecular formula is C23H29N3O4. The summed E-state index contributed by atoms with van der Waals surface area (Å²) in [5.74, 6) is -0.329. The van der Waals surface area contributed by atoms with E-state index in [9.17, 15) is 14.4 Å². The number of hydrogen-bond donors (Lipinski definition) is 2. The van der Waals surface area contributed by atoms with E-state index in [1.807, 2.05) is 19.9 Å². The van der Waals surface area contributed by atoms with Gasteiger partial charge < -0.3 is 20.0 Å². The predicted octanol–water partition coefficient (Wildman–Crippen LogP) is 2.85. The van der Waals surface area contributed by atoms with E-state index >= 15 is 0 Å². The van der Waals surface area contributed by atoms with Crippen LogP contribution in [-0.4, -0.2) is 47.8 Å². The Morgan fingerprint density at radius 1 is 1.07 bits per heavy atom. The van der Waals surface area contributed by atoms with Crippen molar-refractivity contribution >= 4 is 17.7 Å². The molecule has 1 aliphatic rings. The van der Waals surface area contributed by atoms with Crippen molar-refractivity contribution in [1.29, 1.82) is 0 Å². The van der Waals surface area contributed by atoms with Gasteiger partial charge in [0.25, 0.3) is 11.8 Å². The first-order valence-corrected chi connectivity index (χ1v) is 10.5. The van der Waals surface area contributed by atoms with Crippen LogP contribution in [0, 0.1) is 5.92 Å². The number of furan rings is 1. The standard InChI is InChI=1S/C23H29N3O4/c1-3-16(2)24-22(28)20(25-21(27)18-8-5-4-6-9-18)17-11-13-26(14-12-17)23(29)19-10-7-15-30-19/h4-10,15-17,20H,3,11-14H2,1-2H3,(H,24,28)(H,25,27). The summed E-state index contributed by atoms with van der Waals surface area (Å²) >= 11 is 0. The molecule has 0 saturated carbocycles. The van der Waals surface area contributed by atoms with Crippen LogP contribution in [0.4, 0.5) is 0 Å². The Hall–Kier alpha value is -3.09. The average molecular weight is 412 g/mol. The summed E-state index contributed by atoms with van der Waals surface area (Å²) in [5, 5.41) is 5.92. The van der Waals surface area contributed by atoms with Crippen molar-refractivity contribution in [2.24, 2.45) is 5.92 Å². The molecule has 2 unspecified atom stereocenters. The van der Waals surface area contributed by atoms with Gasteiger partial charge in [0.1, 0.15) is 6.04 Å². The summed E-state index contributed by atoms with van der Waals surface area (Å²) in [6.45, 7) is 4.97. The largest absolute Gasteiger partial charge is 0.459 e. The van der Waals surface area contributed by atoms with Gasteiger partial charge in [0.05, 0.1) is 6.26 Å². The average Bonchev–Trinajstić information content (AvgIpc) is 3.32. The van der Waals surface area contributed by atoms with Crippen LogP contribution in [0.1, 0.15) is 54.0 Å². The lowest BCUT2D eigenvalue weighted by Crippen LogP contribution is -2.55. The number of carbonyl (C=O) groups excluding carboxylic acids is 3. The molecule has 1 aromatic heterocycles. The molecule has 1 aromatic carbocycles. The molecule has 160 valence electrons. The van der Waals surface area contributed by atoms with E-state index in [4.69, 9.17) is 4.42 Å². The Balaban J connectivity index is 1.68. The lowest BCUT2D eigenvalue weighted by molar-refractivity contribution is -0.125. The van der Waals surface area contributed by atoms with Crippen LogP contribution in [0.25, 0.3) is 0 Å². The zero-order valence-corrected chi connectivity index (χ0v) is 17.5. The number of carbonyl (C=O) groups is 3. The van der Waals surface area contributed by atoms with Gasteiger partial charge in [-0.3, -0.25) is 14.4 Å². The van der Waals surface area contributed by atoms with Gasteiger partial charge in [-0.15, -0.1) is 0 Å². The fourth-order valence-corrected chi connectivity index (χ4v) is 3.64. The fraction of sp³-hybridized carbons (Fsp3) is 0.435. The molecule has 0 spiro atoms. The molecule has 7 nitrogen and oxygen atoms in total. The summed E-state index contributed by atoms with van der Waals surface area (Å²) < 4.78 is 5.21. The minimum Gasteiger partial charge on any atom is -0.459 e. The third kappa shape index (κ3) is 5.28. The van der Waals surface area contributed by atoms with E-state index < -0.39 is 6.04 Å². The van der Waals surface area contributed by atoms with Gasteiger partial charge in [-0.2, -0.15) is 0 Å². The van der Waals surface area contributed by atoms with Crippen LogP contribution in [0.2, 0.25) is 0 Å². The maximum absolute atomic E-state index is 13.0. The van der Waals surface area contributed by atoms with Crippen molar-refractivity contribution in [2.75, 3.05) is 13.1 Å². The van der Waals surface area contributed by atoms with Crippen molar-refractivity contribution in [2.45, 2.75) is 45.2 Å². The van der Waals surface area contributed by atoms with Crippen LogP contribution in [-0.2, 0) is 4.79 Å². The molecule has 1 saturated heterocycles. The number of piperidine rings is 1. The molecular weight excluding hydrogens is 382 g/mol. The zero-order chi connectivity index (χ0) is 21.5. The lowest BCUT2D eigenvalue weighted by atomic mass is 9.88. The molecule has 3 amide bonds. The van der Waals surface area contributed by atoms with Crippen molar-refractivity contribution in [3.63, 3.8) is 0 Å². The Morgan fingerprint density at radius 3 is 2.37 bits per heavy atom. The summed E-state index contributed by atoms with van der Waals surface area (Å²) in [6, 6.07) is 11.6.